The first-order chi connectivity index (χ1) is 14.9. The number of nitrogens with zero attached hydrogens (tertiary/aromatic N) is 3. The quantitative estimate of drug-likeness (QED) is 0.684. The number of aliphatic imine (C=N–C) groups is 1. The lowest BCUT2D eigenvalue weighted by Crippen LogP contribution is -2.34. The lowest BCUT2D eigenvalue weighted by atomic mass is 9.95. The number of benzene rings is 1. The number of allylic oxidation sites excluding steroid dienone is 1. The van der Waals surface area contributed by atoms with Gasteiger partial charge in [0.1, 0.15) is 0 Å². The Labute approximate surface area is 183 Å². The molecule has 31 heavy (non-hydrogen) atoms. The molecule has 0 spiro atoms. The van der Waals surface area contributed by atoms with Crippen LogP contribution in [0.5, 0.6) is 0 Å². The van der Waals surface area contributed by atoms with Crippen molar-refractivity contribution < 1.29 is 9.59 Å². The fourth-order valence-corrected chi connectivity index (χ4v) is 3.62. The number of nitrogens with one attached hydrogen (secondary N) is 1. The molecule has 1 aliphatic rings. The second-order valence-corrected chi connectivity index (χ2v) is 7.90. The summed E-state index contributed by atoms with van der Waals surface area (Å²) in [5.74, 6) is -0.879. The first-order valence-electron chi connectivity index (χ1n) is 10.4. The maximum Gasteiger partial charge on any atom is 0.254 e. The Morgan fingerprint density at radius 3 is 2.77 bits per heavy atom. The molecule has 0 fully saturated rings. The van der Waals surface area contributed by atoms with Gasteiger partial charge in [-0.05, 0) is 50.7 Å². The molecule has 7 heteroatoms. The molecule has 2 amide bonds. The van der Waals surface area contributed by atoms with Crippen LogP contribution in [0.4, 0.5) is 0 Å². The average molecular weight is 420 g/mol. The van der Waals surface area contributed by atoms with Crippen LogP contribution in [0.2, 0.25) is 0 Å². The fourth-order valence-electron chi connectivity index (χ4n) is 3.62. The molecule has 162 valence electrons. The van der Waals surface area contributed by atoms with E-state index < -0.39 is 5.92 Å². The molecule has 2 heterocycles. The van der Waals surface area contributed by atoms with E-state index in [-0.39, 0.29) is 18.4 Å². The van der Waals surface area contributed by atoms with E-state index in [1.807, 2.05) is 32.2 Å². The van der Waals surface area contributed by atoms with E-state index in [9.17, 15) is 9.59 Å². The molecule has 0 aliphatic carbocycles. The predicted molar refractivity (Wildman–Crippen MR) is 123 cm³/mol. The number of amides is 2. The van der Waals surface area contributed by atoms with Crippen molar-refractivity contribution in [3.63, 3.8) is 0 Å². The van der Waals surface area contributed by atoms with E-state index in [0.29, 0.717) is 17.8 Å². The number of likely N-dealkylation sites (N-methyl/N-ethyl adjacent to an activating group) is 1. The van der Waals surface area contributed by atoms with Crippen LogP contribution in [0.3, 0.4) is 0 Å². The van der Waals surface area contributed by atoms with Gasteiger partial charge >= 0.3 is 0 Å². The van der Waals surface area contributed by atoms with Crippen LogP contribution in [0.1, 0.15) is 29.8 Å². The molecular formula is C24H29N5O2. The van der Waals surface area contributed by atoms with Gasteiger partial charge in [-0.25, -0.2) is 4.99 Å². The molecule has 2 aromatic rings. The van der Waals surface area contributed by atoms with Crippen molar-refractivity contribution in [2.24, 2.45) is 16.6 Å². The Bertz CT molecular complexity index is 1030. The number of dihydropyridines is 1. The zero-order valence-electron chi connectivity index (χ0n) is 18.3. The fraction of sp³-hybridized carbons (Fsp3) is 0.333. The number of hydrogen-bond acceptors (Lipinski definition) is 5. The molecule has 7 nitrogen and oxygen atoms in total. The van der Waals surface area contributed by atoms with Gasteiger partial charge in [-0.2, -0.15) is 0 Å². The third kappa shape index (κ3) is 5.93. The number of hydrogen-bond donors (Lipinski definition) is 2. The van der Waals surface area contributed by atoms with Crippen molar-refractivity contribution >= 4 is 17.5 Å². The summed E-state index contributed by atoms with van der Waals surface area (Å²) in [6, 6.07) is 11.5. The Morgan fingerprint density at radius 1 is 1.23 bits per heavy atom. The summed E-state index contributed by atoms with van der Waals surface area (Å²) in [6.07, 6.45) is 3.50. The molecule has 1 aliphatic heterocycles. The highest BCUT2D eigenvalue weighted by Crippen LogP contribution is 2.21. The highest BCUT2D eigenvalue weighted by atomic mass is 16.2. The van der Waals surface area contributed by atoms with E-state index in [1.54, 1.807) is 25.3 Å². The smallest absolute Gasteiger partial charge is 0.254 e. The van der Waals surface area contributed by atoms with E-state index >= 15 is 0 Å². The van der Waals surface area contributed by atoms with E-state index in [1.165, 1.54) is 0 Å². The van der Waals surface area contributed by atoms with E-state index in [4.69, 9.17) is 5.73 Å². The van der Waals surface area contributed by atoms with Crippen molar-refractivity contribution in [3.8, 4) is 11.3 Å². The molecule has 1 aromatic heterocycles. The molecule has 0 saturated heterocycles. The summed E-state index contributed by atoms with van der Waals surface area (Å²) in [5.41, 5.74) is 10.5. The zero-order chi connectivity index (χ0) is 22.4. The largest absolute Gasteiger partial charge is 0.351 e. The molecule has 1 unspecified atom stereocenters. The van der Waals surface area contributed by atoms with Gasteiger partial charge in [0, 0.05) is 49.2 Å². The predicted octanol–water partition coefficient (Wildman–Crippen LogP) is 2.43. The van der Waals surface area contributed by atoms with Gasteiger partial charge in [0.25, 0.3) is 11.8 Å². The minimum absolute atomic E-state index is 0.218. The highest BCUT2D eigenvalue weighted by Gasteiger charge is 2.24. The van der Waals surface area contributed by atoms with Gasteiger partial charge in [-0.15, -0.1) is 0 Å². The van der Waals surface area contributed by atoms with Crippen LogP contribution in [0.25, 0.3) is 11.3 Å². The van der Waals surface area contributed by atoms with Gasteiger partial charge in [0.2, 0.25) is 0 Å². The molecule has 3 N–H and O–H groups in total. The summed E-state index contributed by atoms with van der Waals surface area (Å²) >= 11 is 0. The summed E-state index contributed by atoms with van der Waals surface area (Å²) in [5, 5.41) is 2.86. The lowest BCUT2D eigenvalue weighted by Gasteiger charge is -2.19. The van der Waals surface area contributed by atoms with Gasteiger partial charge in [-0.1, -0.05) is 23.8 Å². The number of rotatable bonds is 8. The second-order valence-electron chi connectivity index (χ2n) is 7.90. The molecule has 1 aromatic carbocycles. The van der Waals surface area contributed by atoms with Crippen molar-refractivity contribution in [1.29, 1.82) is 0 Å². The van der Waals surface area contributed by atoms with Gasteiger partial charge in [0.05, 0.1) is 11.6 Å². The van der Waals surface area contributed by atoms with E-state index in [0.717, 1.165) is 35.5 Å². The normalized spacial score (nSPS) is 16.2. The Morgan fingerprint density at radius 2 is 2.03 bits per heavy atom. The number of nitrogens with two attached hydrogens (primary N) is 1. The number of carbonyl (C=O) groups is 2. The van der Waals surface area contributed by atoms with Crippen LogP contribution in [-0.2, 0) is 11.3 Å². The third-order valence-corrected chi connectivity index (χ3v) is 5.25. The van der Waals surface area contributed by atoms with Crippen molar-refractivity contribution in [1.82, 2.24) is 15.2 Å². The van der Waals surface area contributed by atoms with Crippen molar-refractivity contribution in [2.45, 2.75) is 20.4 Å². The molecule has 0 bridgehead atoms. The molecular weight excluding hydrogens is 390 g/mol. The van der Waals surface area contributed by atoms with Gasteiger partial charge in [0.15, 0.2) is 0 Å². The number of carbonyl (C=O) groups excluding carboxylic acids is 2. The summed E-state index contributed by atoms with van der Waals surface area (Å²) < 4.78 is 0. The van der Waals surface area contributed by atoms with Crippen LogP contribution in [0.15, 0.2) is 59.2 Å². The van der Waals surface area contributed by atoms with Crippen LogP contribution in [-0.4, -0.2) is 54.1 Å². The molecule has 0 saturated carbocycles. The van der Waals surface area contributed by atoms with E-state index in [2.05, 4.69) is 32.3 Å². The van der Waals surface area contributed by atoms with Crippen molar-refractivity contribution in [2.75, 3.05) is 26.7 Å². The van der Waals surface area contributed by atoms with Crippen LogP contribution >= 0.6 is 0 Å². The SMILES string of the molecule is CC1=CC(C)=NC(=O)C1CNC(=O)c1ccnc(-c2cccc(CN(C)CCN)c2)c1. The highest BCUT2D eigenvalue weighted by molar-refractivity contribution is 6.06. The minimum Gasteiger partial charge on any atom is -0.351 e. The molecule has 1 atom stereocenters. The maximum absolute atomic E-state index is 12.7. The Kier molecular flexibility index (Phi) is 7.44. The van der Waals surface area contributed by atoms with Crippen molar-refractivity contribution in [3.05, 3.63) is 65.4 Å². The zero-order valence-corrected chi connectivity index (χ0v) is 18.3. The van der Waals surface area contributed by atoms with Gasteiger partial charge in [-0.3, -0.25) is 14.6 Å². The topological polar surface area (TPSA) is 101 Å². The summed E-state index contributed by atoms with van der Waals surface area (Å²) in [7, 11) is 2.03. The second kappa shape index (κ2) is 10.2. The lowest BCUT2D eigenvalue weighted by molar-refractivity contribution is -0.120. The summed E-state index contributed by atoms with van der Waals surface area (Å²) in [6.45, 7) is 6.12. The monoisotopic (exact) mass is 419 g/mol. The van der Waals surface area contributed by atoms with Gasteiger partial charge < -0.3 is 16.0 Å². The Balaban J connectivity index is 1.70. The third-order valence-electron chi connectivity index (χ3n) is 5.25. The first-order valence-corrected chi connectivity index (χ1v) is 10.4. The summed E-state index contributed by atoms with van der Waals surface area (Å²) in [4.78, 5) is 35.4. The average Bonchev–Trinajstić information content (AvgIpc) is 2.73. The minimum atomic E-state index is -0.420. The number of aromatic nitrogens is 1. The van der Waals surface area contributed by atoms with Crippen LogP contribution < -0.4 is 11.1 Å². The molecule has 3 rings (SSSR count). The maximum atomic E-state index is 12.7. The number of pyridine rings is 1. The Hall–Kier alpha value is -3.16. The standard InChI is InChI=1S/C24H29N5O2/c1-16-11-17(2)28-24(31)21(16)14-27-23(30)20-7-9-26-22(13-20)19-6-4-5-18(12-19)15-29(3)10-8-25/h4-7,9,11-13,21H,8,10,14-15,25H2,1-3H3,(H,27,30). The van der Waals surface area contributed by atoms with Crippen LogP contribution in [0, 0.1) is 5.92 Å². The molecule has 0 radical (unpaired) electrons. The first kappa shape index (κ1) is 22.5.